The molecule has 2 heteroatoms. The topological polar surface area (TPSA) is 29.5 Å². The second-order valence-electron chi connectivity index (χ2n) is 4.31. The van der Waals surface area contributed by atoms with Crippen molar-refractivity contribution in [1.29, 1.82) is 0 Å². The number of allylic oxidation sites excluding steroid dienone is 1. The molecule has 1 rings (SSSR count). The lowest BCUT2D eigenvalue weighted by Crippen LogP contribution is -2.01. The van der Waals surface area contributed by atoms with Crippen molar-refractivity contribution in [2.45, 2.75) is 33.8 Å². The van der Waals surface area contributed by atoms with Gasteiger partial charge in [0.25, 0.3) is 0 Å². The molecule has 16 heavy (non-hydrogen) atoms. The van der Waals surface area contributed by atoms with Crippen LogP contribution in [-0.2, 0) is 0 Å². The molecule has 0 spiro atoms. The number of hydrogen-bond donors (Lipinski definition) is 1. The SMILES string of the molecule is CC(C)=CCOc1cc(C)ccc1C(C)O. The molecule has 2 nitrogen and oxygen atoms in total. The maximum Gasteiger partial charge on any atom is 0.125 e. The van der Waals surface area contributed by atoms with Gasteiger partial charge in [-0.3, -0.25) is 0 Å². The number of aryl methyl sites for hydroxylation is 1. The second-order valence-corrected chi connectivity index (χ2v) is 4.31. The molecule has 0 fully saturated rings. The molecule has 1 unspecified atom stereocenters. The van der Waals surface area contributed by atoms with Crippen LogP contribution >= 0.6 is 0 Å². The van der Waals surface area contributed by atoms with E-state index in [0.717, 1.165) is 16.9 Å². The third-order valence-corrected chi connectivity index (χ3v) is 2.35. The fourth-order valence-electron chi connectivity index (χ4n) is 1.41. The van der Waals surface area contributed by atoms with Crippen LogP contribution in [0, 0.1) is 6.92 Å². The predicted octanol–water partition coefficient (Wildman–Crippen LogP) is 3.39. The molecule has 0 aliphatic heterocycles. The molecule has 0 heterocycles. The van der Waals surface area contributed by atoms with Crippen LogP contribution in [0.25, 0.3) is 0 Å². The van der Waals surface area contributed by atoms with Crippen molar-refractivity contribution in [1.82, 2.24) is 0 Å². The van der Waals surface area contributed by atoms with Crippen molar-refractivity contribution < 1.29 is 9.84 Å². The standard InChI is InChI=1S/C14H20O2/c1-10(2)7-8-16-14-9-11(3)5-6-13(14)12(4)15/h5-7,9,12,15H,8H2,1-4H3. The Morgan fingerprint density at radius 1 is 1.44 bits per heavy atom. The zero-order valence-electron chi connectivity index (χ0n) is 10.4. The Labute approximate surface area is 97.6 Å². The van der Waals surface area contributed by atoms with Crippen LogP contribution in [0.3, 0.4) is 0 Å². The van der Waals surface area contributed by atoms with Crippen LogP contribution in [0.15, 0.2) is 29.8 Å². The summed E-state index contributed by atoms with van der Waals surface area (Å²) in [4.78, 5) is 0. The van der Waals surface area contributed by atoms with E-state index < -0.39 is 6.10 Å². The average molecular weight is 220 g/mol. The van der Waals surface area contributed by atoms with E-state index in [9.17, 15) is 5.11 Å². The largest absolute Gasteiger partial charge is 0.489 e. The summed E-state index contributed by atoms with van der Waals surface area (Å²) in [7, 11) is 0. The van der Waals surface area contributed by atoms with E-state index in [4.69, 9.17) is 4.74 Å². The van der Waals surface area contributed by atoms with Gasteiger partial charge in [0.15, 0.2) is 0 Å². The Morgan fingerprint density at radius 2 is 2.12 bits per heavy atom. The molecule has 0 radical (unpaired) electrons. The van der Waals surface area contributed by atoms with Gasteiger partial charge >= 0.3 is 0 Å². The normalized spacial score (nSPS) is 12.1. The fraction of sp³-hybridized carbons (Fsp3) is 0.429. The van der Waals surface area contributed by atoms with Crippen molar-refractivity contribution in [2.75, 3.05) is 6.61 Å². The molecule has 0 amide bonds. The van der Waals surface area contributed by atoms with Crippen LogP contribution in [0.5, 0.6) is 5.75 Å². The van der Waals surface area contributed by atoms with Gasteiger partial charge in [-0.05, 0) is 45.4 Å². The Balaban J connectivity index is 2.84. The molecule has 0 aromatic heterocycles. The van der Waals surface area contributed by atoms with Crippen LogP contribution in [-0.4, -0.2) is 11.7 Å². The maximum atomic E-state index is 9.61. The number of rotatable bonds is 4. The minimum Gasteiger partial charge on any atom is -0.489 e. The van der Waals surface area contributed by atoms with E-state index in [0.29, 0.717) is 6.61 Å². The van der Waals surface area contributed by atoms with Gasteiger partial charge in [0, 0.05) is 5.56 Å². The first-order valence-corrected chi connectivity index (χ1v) is 5.55. The highest BCUT2D eigenvalue weighted by Crippen LogP contribution is 2.26. The first kappa shape index (κ1) is 12.8. The summed E-state index contributed by atoms with van der Waals surface area (Å²) in [6, 6.07) is 5.86. The summed E-state index contributed by atoms with van der Waals surface area (Å²) in [6.45, 7) is 8.38. The van der Waals surface area contributed by atoms with E-state index >= 15 is 0 Å². The van der Waals surface area contributed by atoms with Crippen LogP contribution in [0.2, 0.25) is 0 Å². The first-order valence-electron chi connectivity index (χ1n) is 5.55. The third-order valence-electron chi connectivity index (χ3n) is 2.35. The molecule has 0 aliphatic rings. The summed E-state index contributed by atoms with van der Waals surface area (Å²) in [5, 5.41) is 9.61. The van der Waals surface area contributed by atoms with Crippen molar-refractivity contribution in [3.8, 4) is 5.75 Å². The van der Waals surface area contributed by atoms with Crippen molar-refractivity contribution in [2.24, 2.45) is 0 Å². The molecule has 0 aliphatic carbocycles. The van der Waals surface area contributed by atoms with Crippen LogP contribution < -0.4 is 4.74 Å². The van der Waals surface area contributed by atoms with Crippen molar-refractivity contribution in [3.63, 3.8) is 0 Å². The van der Waals surface area contributed by atoms with E-state index in [-0.39, 0.29) is 0 Å². The predicted molar refractivity (Wildman–Crippen MR) is 66.7 cm³/mol. The van der Waals surface area contributed by atoms with E-state index in [2.05, 4.69) is 0 Å². The molecule has 88 valence electrons. The van der Waals surface area contributed by atoms with E-state index in [1.807, 2.05) is 45.0 Å². The monoisotopic (exact) mass is 220 g/mol. The van der Waals surface area contributed by atoms with Crippen LogP contribution in [0.4, 0.5) is 0 Å². The summed E-state index contributed by atoms with van der Waals surface area (Å²) in [5.74, 6) is 0.771. The highest BCUT2D eigenvalue weighted by atomic mass is 16.5. The van der Waals surface area contributed by atoms with Crippen LogP contribution in [0.1, 0.15) is 38.0 Å². The Bertz CT molecular complexity index is 374. The molecule has 1 atom stereocenters. The average Bonchev–Trinajstić information content (AvgIpc) is 2.16. The van der Waals surface area contributed by atoms with Gasteiger partial charge in [0.2, 0.25) is 0 Å². The Hall–Kier alpha value is -1.28. The second kappa shape index (κ2) is 5.71. The highest BCUT2D eigenvalue weighted by Gasteiger charge is 2.08. The van der Waals surface area contributed by atoms with Gasteiger partial charge in [-0.25, -0.2) is 0 Å². The number of aliphatic hydroxyl groups is 1. The summed E-state index contributed by atoms with van der Waals surface area (Å²) < 4.78 is 5.65. The smallest absolute Gasteiger partial charge is 0.125 e. The molecule has 0 bridgehead atoms. The fourth-order valence-corrected chi connectivity index (χ4v) is 1.41. The molecule has 0 saturated heterocycles. The summed E-state index contributed by atoms with van der Waals surface area (Å²) in [5.41, 5.74) is 3.20. The van der Waals surface area contributed by atoms with Gasteiger partial charge in [-0.15, -0.1) is 0 Å². The number of benzene rings is 1. The molecule has 1 aromatic carbocycles. The third kappa shape index (κ3) is 3.70. The summed E-state index contributed by atoms with van der Waals surface area (Å²) in [6.07, 6.45) is 1.52. The lowest BCUT2D eigenvalue weighted by molar-refractivity contribution is 0.193. The van der Waals surface area contributed by atoms with Crippen molar-refractivity contribution in [3.05, 3.63) is 41.0 Å². The van der Waals surface area contributed by atoms with E-state index in [1.165, 1.54) is 5.57 Å². The quantitative estimate of drug-likeness (QED) is 0.788. The molecule has 1 aromatic rings. The lowest BCUT2D eigenvalue weighted by atomic mass is 10.1. The minimum absolute atomic E-state index is 0.498. The van der Waals surface area contributed by atoms with Gasteiger partial charge in [-0.1, -0.05) is 17.7 Å². The van der Waals surface area contributed by atoms with E-state index in [1.54, 1.807) is 6.92 Å². The number of hydrogen-bond acceptors (Lipinski definition) is 2. The molecular formula is C14H20O2. The zero-order chi connectivity index (χ0) is 12.1. The lowest BCUT2D eigenvalue weighted by Gasteiger charge is -2.13. The molecular weight excluding hydrogens is 200 g/mol. The highest BCUT2D eigenvalue weighted by molar-refractivity contribution is 5.38. The number of ether oxygens (including phenoxy) is 1. The van der Waals surface area contributed by atoms with Gasteiger partial charge in [-0.2, -0.15) is 0 Å². The van der Waals surface area contributed by atoms with Gasteiger partial charge in [0.1, 0.15) is 12.4 Å². The Morgan fingerprint density at radius 3 is 2.69 bits per heavy atom. The minimum atomic E-state index is -0.498. The molecule has 0 saturated carbocycles. The van der Waals surface area contributed by atoms with Crippen molar-refractivity contribution >= 4 is 0 Å². The summed E-state index contributed by atoms with van der Waals surface area (Å²) >= 11 is 0. The van der Waals surface area contributed by atoms with Gasteiger partial charge < -0.3 is 9.84 Å². The van der Waals surface area contributed by atoms with Gasteiger partial charge in [0.05, 0.1) is 6.10 Å². The molecule has 1 N–H and O–H groups in total. The Kier molecular flexibility index (Phi) is 4.56. The first-order chi connectivity index (χ1) is 7.50. The zero-order valence-corrected chi connectivity index (χ0v) is 10.4. The number of aliphatic hydroxyl groups excluding tert-OH is 1. The maximum absolute atomic E-state index is 9.61.